The van der Waals surface area contributed by atoms with E-state index in [2.05, 4.69) is 10.1 Å². The van der Waals surface area contributed by atoms with Crippen LogP contribution in [0.4, 0.5) is 13.2 Å². The summed E-state index contributed by atoms with van der Waals surface area (Å²) in [6.45, 7) is 0.343. The third-order valence-electron chi connectivity index (χ3n) is 3.64. The Kier molecular flexibility index (Phi) is 5.10. The molecule has 1 N–H and O–H groups in total. The van der Waals surface area contributed by atoms with Crippen LogP contribution in [0.5, 0.6) is 0 Å². The maximum Gasteiger partial charge on any atom is 0.416 e. The predicted molar refractivity (Wildman–Crippen MR) is 75.9 cm³/mol. The second kappa shape index (κ2) is 6.90. The number of hydrogen-bond donors (Lipinski definition) is 1. The van der Waals surface area contributed by atoms with Crippen molar-refractivity contribution in [1.82, 2.24) is 10.2 Å². The third kappa shape index (κ3) is 3.84. The zero-order valence-corrected chi connectivity index (χ0v) is 12.7. The summed E-state index contributed by atoms with van der Waals surface area (Å²) in [6, 6.07) is 2.64. The van der Waals surface area contributed by atoms with Crippen molar-refractivity contribution in [3.8, 4) is 0 Å². The molecule has 2 rings (SSSR count). The molecule has 0 spiro atoms. The van der Waals surface area contributed by atoms with Gasteiger partial charge in [-0.15, -0.1) is 0 Å². The fraction of sp³-hybridized carbons (Fsp3) is 0.400. The second-order valence-electron chi connectivity index (χ2n) is 5.16. The molecule has 9 heteroatoms. The van der Waals surface area contributed by atoms with Crippen LogP contribution in [0.3, 0.4) is 0 Å². The molecule has 6 nitrogen and oxygen atoms in total. The molecule has 1 aromatic rings. The highest BCUT2D eigenvalue weighted by atomic mass is 19.4. The van der Waals surface area contributed by atoms with Gasteiger partial charge in [0.05, 0.1) is 19.1 Å². The van der Waals surface area contributed by atoms with Crippen molar-refractivity contribution >= 4 is 17.8 Å². The summed E-state index contributed by atoms with van der Waals surface area (Å²) in [6.07, 6.45) is -4.82. The number of piperazine rings is 1. The van der Waals surface area contributed by atoms with E-state index in [0.717, 1.165) is 31.4 Å². The Morgan fingerprint density at radius 3 is 2.46 bits per heavy atom. The zero-order chi connectivity index (χ0) is 17.9. The van der Waals surface area contributed by atoms with E-state index >= 15 is 0 Å². The molecular weight excluding hydrogens is 329 g/mol. The van der Waals surface area contributed by atoms with Gasteiger partial charge in [-0.1, -0.05) is 0 Å². The van der Waals surface area contributed by atoms with Gasteiger partial charge < -0.3 is 15.0 Å². The molecule has 24 heavy (non-hydrogen) atoms. The Bertz CT molecular complexity index is 643. The number of ether oxygens (including phenoxy) is 1. The van der Waals surface area contributed by atoms with Gasteiger partial charge in [-0.3, -0.25) is 14.4 Å². The van der Waals surface area contributed by atoms with Crippen LogP contribution in [-0.4, -0.2) is 48.9 Å². The Labute approximate surface area is 135 Å². The van der Waals surface area contributed by atoms with Crippen LogP contribution in [0.2, 0.25) is 0 Å². The predicted octanol–water partition coefficient (Wildman–Crippen LogP) is 1.21. The number of nitrogens with zero attached hydrogens (tertiary/aromatic N) is 1. The lowest BCUT2D eigenvalue weighted by Gasteiger charge is -2.34. The molecule has 0 aromatic heterocycles. The van der Waals surface area contributed by atoms with Crippen LogP contribution in [0.15, 0.2) is 24.3 Å². The SMILES string of the molecule is COC(=O)C[C@H]1C(=O)NCCN1C(=O)c1ccc(C(F)(F)F)cc1. The lowest BCUT2D eigenvalue weighted by molar-refractivity contribution is -0.145. The van der Waals surface area contributed by atoms with E-state index in [1.54, 1.807) is 0 Å². The molecule has 0 saturated carbocycles. The molecule has 1 atom stereocenters. The minimum atomic E-state index is -4.50. The molecular formula is C15H15F3N2O4. The molecule has 1 aliphatic heterocycles. The van der Waals surface area contributed by atoms with E-state index in [1.807, 2.05) is 0 Å². The second-order valence-corrected chi connectivity index (χ2v) is 5.16. The Hall–Kier alpha value is -2.58. The minimum Gasteiger partial charge on any atom is -0.469 e. The molecule has 1 fully saturated rings. The van der Waals surface area contributed by atoms with Gasteiger partial charge in [0.25, 0.3) is 5.91 Å². The van der Waals surface area contributed by atoms with E-state index in [4.69, 9.17) is 0 Å². The molecule has 0 radical (unpaired) electrons. The number of carbonyl (C=O) groups excluding carboxylic acids is 3. The monoisotopic (exact) mass is 344 g/mol. The van der Waals surface area contributed by atoms with Gasteiger partial charge in [-0.05, 0) is 24.3 Å². The maximum atomic E-state index is 12.6. The highest BCUT2D eigenvalue weighted by molar-refractivity contribution is 5.99. The first-order valence-corrected chi connectivity index (χ1v) is 7.07. The lowest BCUT2D eigenvalue weighted by atomic mass is 10.1. The van der Waals surface area contributed by atoms with Crippen molar-refractivity contribution in [1.29, 1.82) is 0 Å². The van der Waals surface area contributed by atoms with Gasteiger partial charge in [-0.2, -0.15) is 13.2 Å². The maximum absolute atomic E-state index is 12.6. The summed E-state index contributed by atoms with van der Waals surface area (Å²) in [4.78, 5) is 37.0. The number of benzene rings is 1. The first-order valence-electron chi connectivity index (χ1n) is 7.07. The van der Waals surface area contributed by atoms with Crippen LogP contribution >= 0.6 is 0 Å². The number of alkyl halides is 3. The molecule has 1 aliphatic rings. The van der Waals surface area contributed by atoms with Gasteiger partial charge in [0, 0.05) is 18.7 Å². The largest absolute Gasteiger partial charge is 0.469 e. The summed E-state index contributed by atoms with van der Waals surface area (Å²) in [7, 11) is 1.16. The molecule has 2 amide bonds. The standard InChI is InChI=1S/C15H15F3N2O4/c1-24-12(21)8-11-13(22)19-6-7-20(11)14(23)9-2-4-10(5-3-9)15(16,17)18/h2-5,11H,6-8H2,1H3,(H,19,22)/t11-/m0/s1. The van der Waals surface area contributed by atoms with Gasteiger partial charge in [0.1, 0.15) is 6.04 Å². The van der Waals surface area contributed by atoms with Crippen LogP contribution in [-0.2, 0) is 20.5 Å². The van der Waals surface area contributed by atoms with Gasteiger partial charge in [0.2, 0.25) is 5.91 Å². The minimum absolute atomic E-state index is 0.00701. The molecule has 1 aromatic carbocycles. The Morgan fingerprint density at radius 1 is 1.29 bits per heavy atom. The van der Waals surface area contributed by atoms with Crippen molar-refractivity contribution in [2.75, 3.05) is 20.2 Å². The van der Waals surface area contributed by atoms with E-state index < -0.39 is 35.6 Å². The average molecular weight is 344 g/mol. The first-order chi connectivity index (χ1) is 11.2. The van der Waals surface area contributed by atoms with Crippen molar-refractivity contribution in [2.45, 2.75) is 18.6 Å². The van der Waals surface area contributed by atoms with Crippen LogP contribution in [0.1, 0.15) is 22.3 Å². The number of carbonyl (C=O) groups is 3. The third-order valence-corrected chi connectivity index (χ3v) is 3.64. The topological polar surface area (TPSA) is 75.7 Å². The van der Waals surface area contributed by atoms with E-state index in [9.17, 15) is 27.6 Å². The van der Waals surface area contributed by atoms with Crippen molar-refractivity contribution in [3.63, 3.8) is 0 Å². The number of methoxy groups -OCH3 is 1. The zero-order valence-electron chi connectivity index (χ0n) is 12.7. The first kappa shape index (κ1) is 17.8. The number of nitrogens with one attached hydrogen (secondary N) is 1. The molecule has 0 bridgehead atoms. The highest BCUT2D eigenvalue weighted by Crippen LogP contribution is 2.29. The highest BCUT2D eigenvalue weighted by Gasteiger charge is 2.36. The van der Waals surface area contributed by atoms with Crippen molar-refractivity contribution in [2.24, 2.45) is 0 Å². The van der Waals surface area contributed by atoms with E-state index in [-0.39, 0.29) is 25.1 Å². The number of rotatable bonds is 3. The van der Waals surface area contributed by atoms with Crippen molar-refractivity contribution < 1.29 is 32.3 Å². The molecule has 0 unspecified atom stereocenters. The van der Waals surface area contributed by atoms with Crippen LogP contribution < -0.4 is 5.32 Å². The number of esters is 1. The molecule has 130 valence electrons. The normalized spacial score (nSPS) is 18.1. The summed E-state index contributed by atoms with van der Waals surface area (Å²) in [5.74, 6) is -1.79. The molecule has 1 saturated heterocycles. The van der Waals surface area contributed by atoms with Crippen LogP contribution in [0.25, 0.3) is 0 Å². The lowest BCUT2D eigenvalue weighted by Crippen LogP contribution is -2.57. The number of hydrogen-bond acceptors (Lipinski definition) is 4. The van der Waals surface area contributed by atoms with Gasteiger partial charge in [0.15, 0.2) is 0 Å². The summed E-state index contributed by atoms with van der Waals surface area (Å²) in [5.41, 5.74) is -0.867. The Balaban J connectivity index is 2.22. The van der Waals surface area contributed by atoms with Crippen molar-refractivity contribution in [3.05, 3.63) is 35.4 Å². The molecule has 0 aliphatic carbocycles. The number of amides is 2. The Morgan fingerprint density at radius 2 is 1.92 bits per heavy atom. The van der Waals surface area contributed by atoms with Crippen LogP contribution in [0, 0.1) is 0 Å². The molecule has 1 heterocycles. The quantitative estimate of drug-likeness (QED) is 0.837. The summed E-state index contributed by atoms with van der Waals surface area (Å²) >= 11 is 0. The summed E-state index contributed by atoms with van der Waals surface area (Å²) < 4.78 is 42.2. The smallest absolute Gasteiger partial charge is 0.416 e. The summed E-state index contributed by atoms with van der Waals surface area (Å²) in [5, 5.41) is 2.54. The van der Waals surface area contributed by atoms with Gasteiger partial charge in [-0.25, -0.2) is 0 Å². The van der Waals surface area contributed by atoms with E-state index in [0.29, 0.717) is 0 Å². The van der Waals surface area contributed by atoms with E-state index in [1.165, 1.54) is 4.90 Å². The fourth-order valence-corrected chi connectivity index (χ4v) is 2.37. The van der Waals surface area contributed by atoms with Gasteiger partial charge >= 0.3 is 12.1 Å². The fourth-order valence-electron chi connectivity index (χ4n) is 2.37. The number of halogens is 3. The average Bonchev–Trinajstić information content (AvgIpc) is 2.55.